The highest BCUT2D eigenvalue weighted by Gasteiger charge is 2.47. The molecule has 0 amide bonds. The molecule has 29 heavy (non-hydrogen) atoms. The zero-order valence-electron chi connectivity index (χ0n) is 17.1. The first-order valence-corrected chi connectivity index (χ1v) is 11.2. The summed E-state index contributed by atoms with van der Waals surface area (Å²) in [4.78, 5) is 26.6. The van der Waals surface area contributed by atoms with Crippen LogP contribution >= 0.6 is 15.9 Å². The minimum Gasteiger partial charge on any atom is -0.462 e. The molecule has 0 radical (unpaired) electrons. The van der Waals surface area contributed by atoms with Crippen LogP contribution in [0.2, 0.25) is 0 Å². The van der Waals surface area contributed by atoms with Crippen molar-refractivity contribution in [3.05, 3.63) is 57.8 Å². The first kappa shape index (κ1) is 20.4. The Morgan fingerprint density at radius 3 is 2.59 bits per heavy atom. The number of halogens is 1. The van der Waals surface area contributed by atoms with E-state index in [1.54, 1.807) is 0 Å². The molecule has 1 fully saturated rings. The fraction of sp³-hybridized carbons (Fsp3) is 0.500. The molecular formula is C24H28BrNO3. The Kier molecular flexibility index (Phi) is 5.45. The Labute approximate surface area is 180 Å². The van der Waals surface area contributed by atoms with Crippen molar-refractivity contribution in [1.82, 2.24) is 5.32 Å². The Morgan fingerprint density at radius 2 is 1.90 bits per heavy atom. The van der Waals surface area contributed by atoms with Gasteiger partial charge in [-0.05, 0) is 49.1 Å². The summed E-state index contributed by atoms with van der Waals surface area (Å²) in [6.07, 6.45) is 5.24. The van der Waals surface area contributed by atoms with Crippen molar-refractivity contribution in [3.63, 3.8) is 0 Å². The van der Waals surface area contributed by atoms with Gasteiger partial charge in [-0.2, -0.15) is 0 Å². The van der Waals surface area contributed by atoms with Gasteiger partial charge in [0.1, 0.15) is 12.0 Å². The van der Waals surface area contributed by atoms with Crippen molar-refractivity contribution in [1.29, 1.82) is 0 Å². The lowest BCUT2D eigenvalue weighted by atomic mass is 9.66. The van der Waals surface area contributed by atoms with Crippen LogP contribution in [-0.2, 0) is 14.3 Å². The van der Waals surface area contributed by atoms with Crippen LogP contribution in [0.3, 0.4) is 0 Å². The van der Waals surface area contributed by atoms with Gasteiger partial charge in [0.25, 0.3) is 0 Å². The van der Waals surface area contributed by atoms with E-state index < -0.39 is 5.92 Å². The summed E-state index contributed by atoms with van der Waals surface area (Å²) < 4.78 is 6.77. The lowest BCUT2D eigenvalue weighted by molar-refractivity contribution is -0.153. The smallest absolute Gasteiger partial charge is 0.316 e. The fourth-order valence-electron chi connectivity index (χ4n) is 5.03. The average molecular weight is 458 g/mol. The first-order chi connectivity index (χ1) is 13.8. The largest absolute Gasteiger partial charge is 0.462 e. The van der Waals surface area contributed by atoms with Gasteiger partial charge in [0.05, 0.1) is 0 Å². The lowest BCUT2D eigenvalue weighted by Crippen LogP contribution is -2.44. The number of carbonyl (C=O) groups excluding carboxylic acids is 2. The van der Waals surface area contributed by atoms with Gasteiger partial charge >= 0.3 is 5.97 Å². The van der Waals surface area contributed by atoms with Crippen LogP contribution in [0.25, 0.3) is 0 Å². The highest BCUT2D eigenvalue weighted by molar-refractivity contribution is 9.10. The number of hydrogen-bond acceptors (Lipinski definition) is 4. The number of Topliss-reactive ketones (excluding diaryl/α,β-unsaturated/α-hetero) is 1. The van der Waals surface area contributed by atoms with Crippen molar-refractivity contribution in [2.75, 3.05) is 0 Å². The van der Waals surface area contributed by atoms with Gasteiger partial charge < -0.3 is 10.1 Å². The predicted octanol–water partition coefficient (Wildman–Crippen LogP) is 5.39. The fourth-order valence-corrected chi connectivity index (χ4v) is 5.56. The van der Waals surface area contributed by atoms with E-state index in [9.17, 15) is 9.59 Å². The third-order valence-electron chi connectivity index (χ3n) is 6.33. The van der Waals surface area contributed by atoms with Crippen molar-refractivity contribution in [2.24, 2.45) is 11.3 Å². The molecule has 1 aromatic carbocycles. The Balaban J connectivity index is 1.79. The minimum atomic E-state index is -0.613. The SMILES string of the molecule is C=C1NC2=C(C(=O)CC(C)(C)C2)C(c2ccccc2Br)C1C(=O)OC1CCCC1. The highest BCUT2D eigenvalue weighted by Crippen LogP contribution is 2.49. The van der Waals surface area contributed by atoms with E-state index in [1.165, 1.54) is 0 Å². The van der Waals surface area contributed by atoms with E-state index in [1.807, 2.05) is 24.3 Å². The van der Waals surface area contributed by atoms with Crippen LogP contribution in [0, 0.1) is 11.3 Å². The second-order valence-corrected chi connectivity index (χ2v) is 10.2. The van der Waals surface area contributed by atoms with E-state index in [0.29, 0.717) is 12.1 Å². The van der Waals surface area contributed by atoms with E-state index >= 15 is 0 Å². The van der Waals surface area contributed by atoms with Gasteiger partial charge in [-0.25, -0.2) is 0 Å². The van der Waals surface area contributed by atoms with Crippen LogP contribution in [0.1, 0.15) is 63.9 Å². The van der Waals surface area contributed by atoms with Gasteiger partial charge in [-0.15, -0.1) is 0 Å². The van der Waals surface area contributed by atoms with E-state index in [2.05, 4.69) is 41.7 Å². The highest BCUT2D eigenvalue weighted by atomic mass is 79.9. The summed E-state index contributed by atoms with van der Waals surface area (Å²) in [6, 6.07) is 7.83. The molecule has 2 atom stereocenters. The summed E-state index contributed by atoms with van der Waals surface area (Å²) in [5, 5.41) is 3.33. The molecule has 1 aliphatic heterocycles. The van der Waals surface area contributed by atoms with Crippen molar-refractivity contribution in [2.45, 2.75) is 64.4 Å². The molecule has 154 valence electrons. The second kappa shape index (κ2) is 7.75. The summed E-state index contributed by atoms with van der Waals surface area (Å²) in [5.41, 5.74) is 3.07. The van der Waals surface area contributed by atoms with Crippen molar-refractivity contribution >= 4 is 27.7 Å². The predicted molar refractivity (Wildman–Crippen MR) is 116 cm³/mol. The van der Waals surface area contributed by atoms with Crippen LogP contribution in [-0.4, -0.2) is 17.9 Å². The number of rotatable bonds is 3. The molecule has 0 spiro atoms. The molecule has 4 rings (SSSR count). The lowest BCUT2D eigenvalue weighted by Gasteiger charge is -2.42. The molecule has 1 saturated carbocycles. The number of hydrogen-bond donors (Lipinski definition) is 1. The molecule has 4 nitrogen and oxygen atoms in total. The van der Waals surface area contributed by atoms with Gasteiger partial charge in [0.2, 0.25) is 0 Å². The number of nitrogens with one attached hydrogen (secondary N) is 1. The minimum absolute atomic E-state index is 0.0217. The number of carbonyl (C=O) groups is 2. The number of allylic oxidation sites excluding steroid dienone is 2. The first-order valence-electron chi connectivity index (χ1n) is 10.4. The summed E-state index contributed by atoms with van der Waals surface area (Å²) in [6.45, 7) is 8.40. The number of esters is 1. The van der Waals surface area contributed by atoms with Gasteiger partial charge in [-0.3, -0.25) is 9.59 Å². The maximum atomic E-state index is 13.3. The van der Waals surface area contributed by atoms with Crippen LogP contribution in [0.4, 0.5) is 0 Å². The maximum absolute atomic E-state index is 13.3. The Morgan fingerprint density at radius 1 is 1.21 bits per heavy atom. The van der Waals surface area contributed by atoms with E-state index in [4.69, 9.17) is 4.74 Å². The van der Waals surface area contributed by atoms with Crippen LogP contribution in [0.15, 0.2) is 52.3 Å². The Bertz CT molecular complexity index is 895. The molecule has 0 bridgehead atoms. The van der Waals surface area contributed by atoms with E-state index in [0.717, 1.165) is 53.4 Å². The molecule has 1 heterocycles. The zero-order chi connectivity index (χ0) is 20.8. The van der Waals surface area contributed by atoms with Crippen LogP contribution < -0.4 is 5.32 Å². The average Bonchev–Trinajstić information content (AvgIpc) is 3.12. The molecule has 1 aromatic rings. The molecule has 0 saturated heterocycles. The summed E-state index contributed by atoms with van der Waals surface area (Å²) in [5.74, 6) is -1.17. The quantitative estimate of drug-likeness (QED) is 0.617. The summed E-state index contributed by atoms with van der Waals surface area (Å²) in [7, 11) is 0. The monoisotopic (exact) mass is 457 g/mol. The van der Waals surface area contributed by atoms with Gasteiger partial charge in [-0.1, -0.05) is 54.6 Å². The third-order valence-corrected chi connectivity index (χ3v) is 7.05. The van der Waals surface area contributed by atoms with E-state index in [-0.39, 0.29) is 29.2 Å². The standard InChI is InChI=1S/C24H28BrNO3/c1-14-20(23(28)29-15-8-4-5-9-15)21(16-10-6-7-11-17(16)25)22-18(26-14)12-24(2,3)13-19(22)27/h6-7,10-11,15,20-21,26H,1,4-5,8-9,12-13H2,2-3H3. The van der Waals surface area contributed by atoms with Crippen molar-refractivity contribution < 1.29 is 14.3 Å². The molecule has 5 heteroatoms. The molecule has 2 unspecified atom stereocenters. The zero-order valence-corrected chi connectivity index (χ0v) is 18.7. The number of ketones is 1. The maximum Gasteiger partial charge on any atom is 0.316 e. The third kappa shape index (κ3) is 3.94. The number of benzene rings is 1. The molecule has 2 aliphatic carbocycles. The van der Waals surface area contributed by atoms with Crippen molar-refractivity contribution in [3.8, 4) is 0 Å². The molecule has 0 aromatic heterocycles. The van der Waals surface area contributed by atoms with Crippen LogP contribution in [0.5, 0.6) is 0 Å². The number of ether oxygens (including phenoxy) is 1. The second-order valence-electron chi connectivity index (χ2n) is 9.30. The molecular weight excluding hydrogens is 430 g/mol. The summed E-state index contributed by atoms with van der Waals surface area (Å²) >= 11 is 3.64. The topological polar surface area (TPSA) is 55.4 Å². The van der Waals surface area contributed by atoms with Gasteiger partial charge in [0, 0.05) is 33.8 Å². The normalized spacial score (nSPS) is 26.9. The molecule has 3 aliphatic rings. The Hall–Kier alpha value is -1.88. The molecule has 1 N–H and O–H groups in total. The van der Waals surface area contributed by atoms with Gasteiger partial charge in [0.15, 0.2) is 5.78 Å².